The number of fused-ring (bicyclic) bond motifs is 8. The molecular formula is C98H112N16O11. The molecule has 0 radical (unpaired) electrons. The molecule has 27 heteroatoms. The van der Waals surface area contributed by atoms with E-state index in [4.69, 9.17) is 27.5 Å². The first kappa shape index (κ1) is 87.7. The van der Waals surface area contributed by atoms with Crippen LogP contribution in [0.5, 0.6) is 5.75 Å². The number of aliphatic hydroxyl groups is 2. The molecule has 2 aliphatic heterocycles. The Bertz CT molecular complexity index is 6840. The van der Waals surface area contributed by atoms with Crippen LogP contribution in [0.25, 0.3) is 111 Å². The predicted octanol–water partition coefficient (Wildman–Crippen LogP) is 15.6. The molecule has 125 heavy (non-hydrogen) atoms. The summed E-state index contributed by atoms with van der Waals surface area (Å²) in [5, 5.41) is 21.9. The van der Waals surface area contributed by atoms with Gasteiger partial charge in [0.25, 0.3) is 0 Å². The highest BCUT2D eigenvalue weighted by Crippen LogP contribution is 2.32. The van der Waals surface area contributed by atoms with E-state index in [0.717, 1.165) is 217 Å². The molecule has 0 bridgehead atoms. The highest BCUT2D eigenvalue weighted by Gasteiger charge is 2.26. The Balaban J connectivity index is 0.000000129. The van der Waals surface area contributed by atoms with E-state index in [-0.39, 0.29) is 36.2 Å². The molecule has 18 rings (SSSR count). The number of likely N-dealkylation sites (tertiary alicyclic amines) is 2. The van der Waals surface area contributed by atoms with E-state index >= 15 is 0 Å². The Morgan fingerprint density at radius 1 is 0.416 bits per heavy atom. The maximum atomic E-state index is 12.8. The SMILES string of the molecule is Cc1cn2cc(-c3cc4ccc(CCCCN(C)C)cc4oc3=O)nc2c(C)n1.Cc1cn2cc(-c3cc4ccc(CCCCN(C)CCO)cc4oc3=O)nc2c(C)n1.Cc1cn2cc(-c3cc4ccc(CCCCN5CCC[C@@H]5CO)cc4oc3=O)nc2c(C)n1.Cc1cn2cc(-c3cc4ccc(OC5CCN(C(C)C)CC5)cc4oc3=O)nc2c(C)n1. The largest absolute Gasteiger partial charge is 0.490 e. The van der Waals surface area contributed by atoms with Gasteiger partial charge in [-0.2, -0.15) is 0 Å². The molecule has 1 atom stereocenters. The van der Waals surface area contributed by atoms with Crippen LogP contribution in [-0.2, 0) is 19.3 Å². The first-order valence-electron chi connectivity index (χ1n) is 43.6. The fraction of sp³-hybridized carbons (Fsp3) is 0.388. The number of benzene rings is 4. The number of hydrogen-bond acceptors (Lipinski definition) is 23. The molecule has 2 fully saturated rings. The fourth-order valence-corrected chi connectivity index (χ4v) is 17.0. The van der Waals surface area contributed by atoms with Crippen LogP contribution >= 0.6 is 0 Å². The van der Waals surface area contributed by atoms with Gasteiger partial charge in [0.05, 0.1) is 104 Å². The van der Waals surface area contributed by atoms with Crippen LogP contribution in [0.15, 0.2) is 183 Å². The van der Waals surface area contributed by atoms with Gasteiger partial charge in [-0.1, -0.05) is 36.4 Å². The van der Waals surface area contributed by atoms with Gasteiger partial charge in [-0.15, -0.1) is 0 Å². The predicted molar refractivity (Wildman–Crippen MR) is 490 cm³/mol. The molecule has 0 spiro atoms. The number of piperidine rings is 1. The van der Waals surface area contributed by atoms with Crippen LogP contribution in [0.4, 0.5) is 0 Å². The minimum atomic E-state index is -0.411. The van der Waals surface area contributed by atoms with Gasteiger partial charge < -0.3 is 64.9 Å². The number of hydrogen-bond donors (Lipinski definition) is 2. The van der Waals surface area contributed by atoms with Gasteiger partial charge in [0.1, 0.15) is 34.2 Å². The average Bonchev–Trinajstić information content (AvgIpc) is 1.66. The van der Waals surface area contributed by atoms with Crippen molar-refractivity contribution in [3.8, 4) is 50.8 Å². The van der Waals surface area contributed by atoms with Crippen LogP contribution in [0.1, 0.15) is 140 Å². The van der Waals surface area contributed by atoms with Crippen LogP contribution in [0.3, 0.4) is 0 Å². The number of aliphatic hydroxyl groups excluding tert-OH is 2. The molecule has 0 unspecified atom stereocenters. The van der Waals surface area contributed by atoms with E-state index in [1.165, 1.54) is 17.5 Å². The molecule has 4 aromatic carbocycles. The zero-order chi connectivity index (χ0) is 87.9. The van der Waals surface area contributed by atoms with Crippen molar-refractivity contribution >= 4 is 66.5 Å². The second-order valence-electron chi connectivity index (χ2n) is 34.1. The van der Waals surface area contributed by atoms with Gasteiger partial charge in [-0.05, 0) is 271 Å². The quantitative estimate of drug-likeness (QED) is 0.0397. The number of aryl methyl sites for hydroxylation is 11. The Labute approximate surface area is 724 Å². The minimum absolute atomic E-state index is 0.187. The summed E-state index contributed by atoms with van der Waals surface area (Å²) in [6.45, 7) is 27.3. The van der Waals surface area contributed by atoms with E-state index in [2.05, 4.69) is 106 Å². The number of unbranched alkanes of at least 4 members (excludes halogenated alkanes) is 3. The molecule has 2 aliphatic rings. The number of imidazole rings is 4. The molecule has 2 N–H and O–H groups in total. The fourth-order valence-electron chi connectivity index (χ4n) is 17.0. The smallest absolute Gasteiger partial charge is 0.345 e. The maximum absolute atomic E-state index is 12.8. The van der Waals surface area contributed by atoms with Gasteiger partial charge in [0.15, 0.2) is 22.6 Å². The van der Waals surface area contributed by atoms with Crippen molar-refractivity contribution in [1.82, 2.24) is 77.1 Å². The average molecular weight is 1690 g/mol. The number of likely N-dealkylation sites (N-methyl/N-ethyl adjacent to an activating group) is 1. The lowest BCUT2D eigenvalue weighted by molar-refractivity contribution is 0.0843. The third kappa shape index (κ3) is 20.9. The first-order valence-corrected chi connectivity index (χ1v) is 43.6. The Kier molecular flexibility index (Phi) is 27.3. The van der Waals surface area contributed by atoms with Crippen molar-refractivity contribution in [3.05, 3.63) is 251 Å². The van der Waals surface area contributed by atoms with Crippen LogP contribution in [0, 0.1) is 55.4 Å². The van der Waals surface area contributed by atoms with E-state index in [1.807, 2.05) is 208 Å². The summed E-state index contributed by atoms with van der Waals surface area (Å²) in [6.07, 6.45) is 28.8. The number of rotatable bonds is 25. The lowest BCUT2D eigenvalue weighted by Gasteiger charge is -2.34. The summed E-state index contributed by atoms with van der Waals surface area (Å²) >= 11 is 0. The summed E-state index contributed by atoms with van der Waals surface area (Å²) in [6, 6.07) is 32.3. The number of nitrogens with zero attached hydrogens (tertiary/aromatic N) is 16. The Hall–Kier alpha value is -12.2. The standard InChI is InChI=1S/C26H30N4O3.C25H28N4O3.C24H28N4O3.C23H26N4O2/c1-17-14-30-15-23(28-25(30)18(2)27-17)22-13-20-9-8-19(12-24(20)33-26(22)32)6-3-4-10-29-11-5-7-21(29)16-31;1-15(2)28-9-7-19(8-10-28)31-20-6-5-18-11-21(25(30)32-23(18)12-20)22-14-29-13-16(3)26-17(4)24(29)27-22;1-16-14-28-15-21(26-23(28)17(2)25-16)20-13-19-8-7-18(12-22(19)31-24(20)30)6-4-5-9-27(3)10-11-29;1-15-13-27-14-20(25-22(27)16(2)24-15)19-12-18-9-8-17(7-5-6-10-26(3)4)11-21(18)29-23(19)28/h8-9,12-15,21,31H,3-7,10-11,16H2,1-2H3;5-6,11-15,19H,7-10H2,1-4H3;7-8,12-15,29H,4-6,9-11H2,1-3H3;8-9,11-14H,5-7,10H2,1-4H3/t21-;;;/m1.../s1. The van der Waals surface area contributed by atoms with E-state index in [1.54, 1.807) is 0 Å². The minimum Gasteiger partial charge on any atom is -0.490 e. The molecule has 12 aromatic heterocycles. The normalized spacial score (nSPS) is 14.1. The van der Waals surface area contributed by atoms with E-state index in [0.29, 0.717) is 86.0 Å². The van der Waals surface area contributed by atoms with Crippen LogP contribution < -0.4 is 27.2 Å². The second-order valence-corrected chi connectivity index (χ2v) is 34.1. The number of aromatic nitrogens is 12. The van der Waals surface area contributed by atoms with Gasteiger partial charge in [0, 0.05) is 109 Å². The van der Waals surface area contributed by atoms with Crippen molar-refractivity contribution in [1.29, 1.82) is 0 Å². The van der Waals surface area contributed by atoms with Crippen molar-refractivity contribution in [2.45, 2.75) is 171 Å². The topological polar surface area (TPSA) is 304 Å². The highest BCUT2D eigenvalue weighted by molar-refractivity contribution is 5.85. The zero-order valence-electron chi connectivity index (χ0n) is 73.9. The summed E-state index contributed by atoms with van der Waals surface area (Å²) in [4.78, 5) is 96.4. The molecule has 0 saturated carbocycles. The third-order valence-corrected chi connectivity index (χ3v) is 23.6. The van der Waals surface area contributed by atoms with Crippen molar-refractivity contribution in [2.24, 2.45) is 0 Å². The molecule has 0 aliphatic carbocycles. The van der Waals surface area contributed by atoms with Gasteiger partial charge in [-0.25, -0.2) is 39.1 Å². The van der Waals surface area contributed by atoms with Gasteiger partial charge >= 0.3 is 22.5 Å². The monoisotopic (exact) mass is 1690 g/mol. The molecule has 14 heterocycles. The van der Waals surface area contributed by atoms with Crippen molar-refractivity contribution in [3.63, 3.8) is 0 Å². The van der Waals surface area contributed by atoms with Gasteiger partial charge in [-0.3, -0.25) is 24.8 Å². The van der Waals surface area contributed by atoms with Crippen molar-refractivity contribution in [2.75, 3.05) is 80.2 Å². The molecular weight excluding hydrogens is 1580 g/mol. The Morgan fingerprint density at radius 2 is 0.776 bits per heavy atom. The van der Waals surface area contributed by atoms with E-state index in [9.17, 15) is 24.3 Å². The summed E-state index contributed by atoms with van der Waals surface area (Å²) in [5.41, 5.74) is 18.4. The lowest BCUT2D eigenvalue weighted by Crippen LogP contribution is -2.41. The lowest BCUT2D eigenvalue weighted by atomic mass is 10.0. The molecule has 0 amide bonds. The summed E-state index contributed by atoms with van der Waals surface area (Å²) in [7, 11) is 6.19. The number of ether oxygens (including phenoxy) is 1. The zero-order valence-corrected chi connectivity index (χ0v) is 73.9. The summed E-state index contributed by atoms with van der Waals surface area (Å²) < 4.78 is 36.5. The van der Waals surface area contributed by atoms with Crippen LogP contribution in [0.2, 0.25) is 0 Å². The third-order valence-electron chi connectivity index (χ3n) is 23.6. The molecule has 16 aromatic rings. The highest BCUT2D eigenvalue weighted by atomic mass is 16.5. The Morgan fingerprint density at radius 3 is 1.14 bits per heavy atom. The van der Waals surface area contributed by atoms with E-state index < -0.39 is 5.63 Å². The molecule has 27 nitrogen and oxygen atoms in total. The summed E-state index contributed by atoms with van der Waals surface area (Å²) in [5.74, 6) is 0.737. The molecule has 2 saturated heterocycles. The molecule has 650 valence electrons. The second kappa shape index (κ2) is 38.9. The maximum Gasteiger partial charge on any atom is 0.345 e. The van der Waals surface area contributed by atoms with Crippen LogP contribution in [-0.4, -0.2) is 186 Å². The van der Waals surface area contributed by atoms with Gasteiger partial charge in [0.2, 0.25) is 0 Å². The first-order chi connectivity index (χ1) is 60.2. The van der Waals surface area contributed by atoms with Crippen molar-refractivity contribution < 1.29 is 32.6 Å².